The number of esters is 1. The minimum atomic E-state index is -3.54. The van der Waals surface area contributed by atoms with E-state index in [1.54, 1.807) is 0 Å². The zero-order valence-corrected chi connectivity index (χ0v) is 8.68. The number of carbonyl (C=O) groups excluding carboxylic acids is 1. The Bertz CT molecular complexity index is 181. The average molecular weight is 210 g/mol. The van der Waals surface area contributed by atoms with Crippen molar-refractivity contribution < 1.29 is 23.0 Å². The Kier molecular flexibility index (Phi) is 5.60. The molecule has 0 aromatic rings. The molecule has 0 aliphatic rings. The van der Waals surface area contributed by atoms with Gasteiger partial charge in [-0.3, -0.25) is 0 Å². The number of carbonyl (C=O) groups is 1. The first-order valence-electron chi connectivity index (χ1n) is 4.53. The van der Waals surface area contributed by atoms with E-state index in [0.29, 0.717) is 0 Å². The summed E-state index contributed by atoms with van der Waals surface area (Å²) in [6.45, 7) is 4.38. The second kappa shape index (κ2) is 5.90. The van der Waals surface area contributed by atoms with E-state index < -0.39 is 18.5 Å². The third-order valence-corrected chi connectivity index (χ3v) is 1.31. The first-order valence-corrected chi connectivity index (χ1v) is 4.53. The van der Waals surface area contributed by atoms with Crippen LogP contribution in [0.15, 0.2) is 0 Å². The molecule has 0 rings (SSSR count). The van der Waals surface area contributed by atoms with E-state index in [0.717, 1.165) is 0 Å². The molecule has 3 nitrogen and oxygen atoms in total. The van der Waals surface area contributed by atoms with Crippen LogP contribution in [0.2, 0.25) is 0 Å². The highest BCUT2D eigenvalue weighted by atomic mass is 19.3. The lowest BCUT2D eigenvalue weighted by Crippen LogP contribution is -2.36. The molecule has 0 bridgehead atoms. The molecule has 84 valence electrons. The molecule has 0 radical (unpaired) electrons. The standard InChI is InChI=1S/C9H16F2O3/c1-4-14-8(12)9(10,11)6-13-5-7(2)3/h7H,4-6H2,1-3H3. The van der Waals surface area contributed by atoms with Crippen LogP contribution >= 0.6 is 0 Å². The summed E-state index contributed by atoms with van der Waals surface area (Å²) >= 11 is 0. The Labute approximate surface area is 82.4 Å². The summed E-state index contributed by atoms with van der Waals surface area (Å²) in [6, 6.07) is 0. The Balaban J connectivity index is 3.87. The minimum absolute atomic E-state index is 0.0569. The number of rotatable bonds is 6. The zero-order valence-electron chi connectivity index (χ0n) is 8.68. The Morgan fingerprint density at radius 3 is 2.43 bits per heavy atom. The van der Waals surface area contributed by atoms with Crippen molar-refractivity contribution in [2.45, 2.75) is 26.7 Å². The van der Waals surface area contributed by atoms with Gasteiger partial charge in [0.1, 0.15) is 6.61 Å². The molecule has 0 atom stereocenters. The van der Waals surface area contributed by atoms with Crippen LogP contribution < -0.4 is 0 Å². The summed E-state index contributed by atoms with van der Waals surface area (Å²) in [7, 11) is 0. The molecule has 0 saturated heterocycles. The molecule has 0 unspecified atom stereocenters. The number of hydrogen-bond acceptors (Lipinski definition) is 3. The maximum atomic E-state index is 12.9. The first kappa shape index (κ1) is 13.3. The van der Waals surface area contributed by atoms with Gasteiger partial charge in [0.15, 0.2) is 0 Å². The smallest absolute Gasteiger partial charge is 0.379 e. The Hall–Kier alpha value is -0.710. The largest absolute Gasteiger partial charge is 0.461 e. The molecule has 14 heavy (non-hydrogen) atoms. The van der Waals surface area contributed by atoms with Crippen LogP contribution in [0, 0.1) is 5.92 Å². The van der Waals surface area contributed by atoms with Crippen molar-refractivity contribution in [3.05, 3.63) is 0 Å². The average Bonchev–Trinajstić information content (AvgIpc) is 2.03. The Morgan fingerprint density at radius 1 is 1.43 bits per heavy atom. The molecule has 0 aromatic carbocycles. The molecule has 0 amide bonds. The fraction of sp³-hybridized carbons (Fsp3) is 0.889. The molecule has 0 heterocycles. The van der Waals surface area contributed by atoms with Gasteiger partial charge in [-0.05, 0) is 12.8 Å². The highest BCUT2D eigenvalue weighted by molar-refractivity contribution is 5.77. The van der Waals surface area contributed by atoms with Gasteiger partial charge in [-0.15, -0.1) is 0 Å². The van der Waals surface area contributed by atoms with E-state index in [2.05, 4.69) is 9.47 Å². The van der Waals surface area contributed by atoms with Gasteiger partial charge in [0.05, 0.1) is 6.61 Å². The van der Waals surface area contributed by atoms with Crippen LogP contribution in [0.4, 0.5) is 8.78 Å². The topological polar surface area (TPSA) is 35.5 Å². The van der Waals surface area contributed by atoms with E-state index >= 15 is 0 Å². The van der Waals surface area contributed by atoms with Gasteiger partial charge in [0.25, 0.3) is 0 Å². The molecular formula is C9H16F2O3. The normalized spacial score (nSPS) is 11.9. The maximum Gasteiger partial charge on any atom is 0.379 e. The van der Waals surface area contributed by atoms with Crippen molar-refractivity contribution >= 4 is 5.97 Å². The number of halogens is 2. The monoisotopic (exact) mass is 210 g/mol. The number of alkyl halides is 2. The fourth-order valence-corrected chi connectivity index (χ4v) is 0.718. The SMILES string of the molecule is CCOC(=O)C(F)(F)COCC(C)C. The van der Waals surface area contributed by atoms with Crippen LogP contribution in [0.1, 0.15) is 20.8 Å². The van der Waals surface area contributed by atoms with Crippen LogP contribution in [0.25, 0.3) is 0 Å². The van der Waals surface area contributed by atoms with Crippen LogP contribution in [0.5, 0.6) is 0 Å². The lowest BCUT2D eigenvalue weighted by molar-refractivity contribution is -0.180. The van der Waals surface area contributed by atoms with Crippen molar-refractivity contribution in [1.82, 2.24) is 0 Å². The third-order valence-electron chi connectivity index (χ3n) is 1.31. The summed E-state index contributed by atoms with van der Waals surface area (Å²) in [4.78, 5) is 10.7. The predicted octanol–water partition coefficient (Wildman–Crippen LogP) is 1.86. The van der Waals surface area contributed by atoms with Gasteiger partial charge in [0, 0.05) is 6.61 Å². The predicted molar refractivity (Wildman–Crippen MR) is 47.2 cm³/mol. The summed E-state index contributed by atoms with van der Waals surface area (Å²) in [5.41, 5.74) is 0. The van der Waals surface area contributed by atoms with Crippen LogP contribution in [-0.2, 0) is 14.3 Å². The van der Waals surface area contributed by atoms with E-state index in [9.17, 15) is 13.6 Å². The molecular weight excluding hydrogens is 194 g/mol. The van der Waals surface area contributed by atoms with E-state index in [-0.39, 0.29) is 19.1 Å². The lowest BCUT2D eigenvalue weighted by atomic mass is 10.2. The Morgan fingerprint density at radius 2 is 2.00 bits per heavy atom. The van der Waals surface area contributed by atoms with Crippen molar-refractivity contribution in [2.75, 3.05) is 19.8 Å². The van der Waals surface area contributed by atoms with Gasteiger partial charge in [0.2, 0.25) is 0 Å². The molecule has 0 aliphatic heterocycles. The molecule has 0 aliphatic carbocycles. The van der Waals surface area contributed by atoms with Crippen molar-refractivity contribution in [1.29, 1.82) is 0 Å². The maximum absolute atomic E-state index is 12.9. The molecule has 0 fully saturated rings. The number of ether oxygens (including phenoxy) is 2. The van der Waals surface area contributed by atoms with E-state index in [1.165, 1.54) is 6.92 Å². The van der Waals surface area contributed by atoms with Gasteiger partial charge in [-0.2, -0.15) is 8.78 Å². The second-order valence-electron chi connectivity index (χ2n) is 3.33. The second-order valence-corrected chi connectivity index (χ2v) is 3.33. The molecule has 0 saturated carbocycles. The highest BCUT2D eigenvalue weighted by Crippen LogP contribution is 2.16. The van der Waals surface area contributed by atoms with Crippen molar-refractivity contribution in [3.63, 3.8) is 0 Å². The fourth-order valence-electron chi connectivity index (χ4n) is 0.718. The van der Waals surface area contributed by atoms with Gasteiger partial charge >= 0.3 is 11.9 Å². The van der Waals surface area contributed by atoms with Gasteiger partial charge in [-0.25, -0.2) is 4.79 Å². The minimum Gasteiger partial charge on any atom is -0.461 e. The third kappa shape index (κ3) is 5.11. The van der Waals surface area contributed by atoms with Crippen molar-refractivity contribution in [3.8, 4) is 0 Å². The van der Waals surface area contributed by atoms with Crippen LogP contribution in [0.3, 0.4) is 0 Å². The molecule has 0 N–H and O–H groups in total. The quantitative estimate of drug-likeness (QED) is 0.628. The van der Waals surface area contributed by atoms with Crippen LogP contribution in [-0.4, -0.2) is 31.7 Å². The summed E-state index contributed by atoms with van der Waals surface area (Å²) in [5.74, 6) is -4.90. The molecule has 0 aromatic heterocycles. The summed E-state index contributed by atoms with van der Waals surface area (Å²) in [6.07, 6.45) is 0. The van der Waals surface area contributed by atoms with E-state index in [4.69, 9.17) is 0 Å². The summed E-state index contributed by atoms with van der Waals surface area (Å²) in [5, 5.41) is 0. The summed E-state index contributed by atoms with van der Waals surface area (Å²) < 4.78 is 34.6. The van der Waals surface area contributed by atoms with Gasteiger partial charge in [-0.1, -0.05) is 13.8 Å². The van der Waals surface area contributed by atoms with Gasteiger partial charge < -0.3 is 9.47 Å². The first-order chi connectivity index (χ1) is 6.40. The van der Waals surface area contributed by atoms with E-state index in [1.807, 2.05) is 13.8 Å². The lowest BCUT2D eigenvalue weighted by Gasteiger charge is -2.15. The highest BCUT2D eigenvalue weighted by Gasteiger charge is 2.40. The molecule has 5 heteroatoms. The molecule has 0 spiro atoms. The zero-order chi connectivity index (χ0) is 11.2. The number of hydrogen-bond donors (Lipinski definition) is 0. The van der Waals surface area contributed by atoms with Crippen molar-refractivity contribution in [2.24, 2.45) is 5.92 Å².